The Hall–Kier alpha value is -3.50. The molecule has 4 aromatic heterocycles. The van der Waals surface area contributed by atoms with Gasteiger partial charge in [-0.1, -0.05) is 11.6 Å². The van der Waals surface area contributed by atoms with Crippen LogP contribution in [-0.4, -0.2) is 59.4 Å². The van der Waals surface area contributed by atoms with E-state index in [-0.39, 0.29) is 5.41 Å². The van der Waals surface area contributed by atoms with Crippen LogP contribution in [0.4, 0.5) is 5.82 Å². The zero-order valence-corrected chi connectivity index (χ0v) is 19.5. The highest BCUT2D eigenvalue weighted by Gasteiger charge is 2.69. The van der Waals surface area contributed by atoms with E-state index in [1.165, 1.54) is 0 Å². The fraction of sp³-hybridized carbons (Fsp3) is 0.348. The molecule has 1 saturated heterocycles. The van der Waals surface area contributed by atoms with Gasteiger partial charge in [-0.2, -0.15) is 15.3 Å². The molecule has 3 N–H and O–H groups in total. The number of aryl methyl sites for hydroxylation is 2. The lowest BCUT2D eigenvalue weighted by Crippen LogP contribution is -2.35. The maximum absolute atomic E-state index is 6.72. The van der Waals surface area contributed by atoms with Crippen LogP contribution in [0, 0.1) is 11.8 Å². The lowest BCUT2D eigenvalue weighted by atomic mass is 9.95. The number of nitrogens with zero attached hydrogens (tertiary/aromatic N) is 8. The van der Waals surface area contributed by atoms with Crippen molar-refractivity contribution < 1.29 is 0 Å². The largest absolute Gasteiger partial charge is 0.355 e. The summed E-state index contributed by atoms with van der Waals surface area (Å²) in [7, 11) is 3.83. The van der Waals surface area contributed by atoms with Gasteiger partial charge in [0.15, 0.2) is 0 Å². The van der Waals surface area contributed by atoms with Crippen molar-refractivity contribution in [1.82, 2.24) is 39.7 Å². The van der Waals surface area contributed by atoms with Gasteiger partial charge in [-0.3, -0.25) is 14.5 Å². The summed E-state index contributed by atoms with van der Waals surface area (Å²) in [5.74, 6) is 1.79. The summed E-state index contributed by atoms with van der Waals surface area (Å²) in [6.07, 6.45) is 5.73. The number of piperidine rings is 1. The van der Waals surface area contributed by atoms with E-state index in [2.05, 4.69) is 31.4 Å². The molecule has 1 aliphatic carbocycles. The molecule has 11 heteroatoms. The van der Waals surface area contributed by atoms with Crippen LogP contribution in [-0.2, 0) is 19.5 Å². The molecule has 2 aliphatic rings. The van der Waals surface area contributed by atoms with E-state index >= 15 is 0 Å². The van der Waals surface area contributed by atoms with Crippen molar-refractivity contribution in [2.45, 2.75) is 5.41 Å². The Labute approximate surface area is 199 Å². The summed E-state index contributed by atoms with van der Waals surface area (Å²) in [6, 6.07) is 5.99. The van der Waals surface area contributed by atoms with Crippen molar-refractivity contribution >= 4 is 39.5 Å². The van der Waals surface area contributed by atoms with Crippen LogP contribution in [0.3, 0.4) is 0 Å². The van der Waals surface area contributed by atoms with E-state index in [1.807, 2.05) is 49.5 Å². The maximum Gasteiger partial charge on any atom is 0.202 e. The SMILES string of the molecule is Cn1ccc(C2(CN)[C@@H]3CN(c4cnc5c(-c6ccc7nn(C)cc7c6Cl)[nH]nc5n4)C[C@@H]32)n1. The second-order valence-corrected chi connectivity index (χ2v) is 9.78. The minimum atomic E-state index is -0.0174. The number of rotatable bonds is 4. The van der Waals surface area contributed by atoms with Crippen molar-refractivity contribution in [1.29, 1.82) is 0 Å². The molecular formula is C23H23ClN10. The molecule has 2 fully saturated rings. The topological polar surface area (TPSA) is 119 Å². The molecule has 3 atom stereocenters. The first-order valence-electron chi connectivity index (χ1n) is 11.3. The average Bonchev–Trinajstić information content (AvgIpc) is 3.44. The molecule has 34 heavy (non-hydrogen) atoms. The van der Waals surface area contributed by atoms with E-state index in [9.17, 15) is 0 Å². The second-order valence-electron chi connectivity index (χ2n) is 9.40. The number of benzene rings is 1. The second kappa shape index (κ2) is 6.77. The molecular weight excluding hydrogens is 452 g/mol. The summed E-state index contributed by atoms with van der Waals surface area (Å²) in [5, 5.41) is 18.1. The minimum Gasteiger partial charge on any atom is -0.355 e. The molecule has 5 aromatic rings. The van der Waals surface area contributed by atoms with E-state index < -0.39 is 0 Å². The predicted molar refractivity (Wildman–Crippen MR) is 130 cm³/mol. The summed E-state index contributed by atoms with van der Waals surface area (Å²) in [6.45, 7) is 2.39. The number of hydrogen-bond acceptors (Lipinski definition) is 7. The van der Waals surface area contributed by atoms with E-state index in [0.717, 1.165) is 46.8 Å². The van der Waals surface area contributed by atoms with Crippen LogP contribution in [0.25, 0.3) is 33.3 Å². The van der Waals surface area contributed by atoms with Gasteiger partial charge >= 0.3 is 0 Å². The van der Waals surface area contributed by atoms with Gasteiger partial charge in [0.05, 0.1) is 28.1 Å². The molecule has 1 aliphatic heterocycles. The summed E-state index contributed by atoms with van der Waals surface area (Å²) in [5.41, 5.74) is 11.0. The molecule has 5 heterocycles. The van der Waals surface area contributed by atoms with Crippen molar-refractivity contribution in [3.63, 3.8) is 0 Å². The Morgan fingerprint density at radius 1 is 1.15 bits per heavy atom. The molecule has 0 spiro atoms. The Morgan fingerprint density at radius 2 is 1.97 bits per heavy atom. The van der Waals surface area contributed by atoms with Gasteiger partial charge in [0.2, 0.25) is 5.65 Å². The van der Waals surface area contributed by atoms with Crippen LogP contribution >= 0.6 is 11.6 Å². The van der Waals surface area contributed by atoms with Crippen LogP contribution in [0.2, 0.25) is 5.02 Å². The smallest absolute Gasteiger partial charge is 0.202 e. The zero-order chi connectivity index (χ0) is 23.2. The maximum atomic E-state index is 6.72. The standard InChI is InChI=1S/C23H23ClN10/c1-32-6-5-17(31-32)23(11-25)14-9-34(10-15(14)23)18-7-26-21-20(28-29-22(21)27-18)12-3-4-16-13(19(12)24)8-33(2)30-16/h3-8,14-15H,9-11,25H2,1-2H3,(H,27,28,29)/t14-,15+,23?. The number of anilines is 1. The summed E-state index contributed by atoms with van der Waals surface area (Å²) < 4.78 is 3.61. The van der Waals surface area contributed by atoms with E-state index in [0.29, 0.717) is 34.6 Å². The number of aromatic nitrogens is 8. The number of fused-ring (bicyclic) bond motifs is 3. The molecule has 1 unspecified atom stereocenters. The predicted octanol–water partition coefficient (Wildman–Crippen LogP) is 2.26. The van der Waals surface area contributed by atoms with Gasteiger partial charge in [-0.15, -0.1) is 0 Å². The monoisotopic (exact) mass is 474 g/mol. The molecule has 7 rings (SSSR count). The number of halogens is 1. The Bertz CT molecular complexity index is 1570. The number of nitrogens with one attached hydrogen (secondary N) is 1. The van der Waals surface area contributed by atoms with E-state index in [1.54, 1.807) is 4.68 Å². The molecule has 0 radical (unpaired) electrons. The number of hydrogen-bond donors (Lipinski definition) is 2. The van der Waals surface area contributed by atoms with Crippen LogP contribution in [0.5, 0.6) is 0 Å². The lowest BCUT2D eigenvalue weighted by molar-refractivity contribution is 0.529. The lowest BCUT2D eigenvalue weighted by Gasteiger charge is -2.25. The Balaban J connectivity index is 1.18. The highest BCUT2D eigenvalue weighted by atomic mass is 35.5. The van der Waals surface area contributed by atoms with Gasteiger partial charge in [0.25, 0.3) is 0 Å². The molecule has 1 saturated carbocycles. The third kappa shape index (κ3) is 2.57. The summed E-state index contributed by atoms with van der Waals surface area (Å²) in [4.78, 5) is 11.8. The zero-order valence-electron chi connectivity index (χ0n) is 18.8. The van der Waals surface area contributed by atoms with Crippen molar-refractivity contribution in [2.75, 3.05) is 24.5 Å². The molecule has 0 bridgehead atoms. The van der Waals surface area contributed by atoms with Crippen molar-refractivity contribution in [3.8, 4) is 11.3 Å². The number of H-pyrrole nitrogens is 1. The number of aromatic amines is 1. The molecule has 1 aromatic carbocycles. The third-order valence-corrected chi connectivity index (χ3v) is 8.05. The number of nitrogens with two attached hydrogens (primary N) is 1. The van der Waals surface area contributed by atoms with Gasteiger partial charge < -0.3 is 10.6 Å². The van der Waals surface area contributed by atoms with Crippen molar-refractivity contribution in [3.05, 3.63) is 47.5 Å². The Kier molecular flexibility index (Phi) is 3.97. The van der Waals surface area contributed by atoms with Crippen molar-refractivity contribution in [2.24, 2.45) is 31.7 Å². The molecule has 0 amide bonds. The van der Waals surface area contributed by atoms with Gasteiger partial charge in [-0.25, -0.2) is 9.97 Å². The van der Waals surface area contributed by atoms with Crippen LogP contribution < -0.4 is 10.6 Å². The van der Waals surface area contributed by atoms with Gasteiger partial charge in [-0.05, 0) is 30.0 Å². The van der Waals surface area contributed by atoms with Crippen LogP contribution in [0.15, 0.2) is 36.8 Å². The average molecular weight is 475 g/mol. The van der Waals surface area contributed by atoms with Gasteiger partial charge in [0.1, 0.15) is 11.3 Å². The highest BCUT2D eigenvalue weighted by molar-refractivity contribution is 6.38. The minimum absolute atomic E-state index is 0.0174. The normalized spacial score (nSPS) is 23.8. The summed E-state index contributed by atoms with van der Waals surface area (Å²) >= 11 is 6.72. The first-order valence-corrected chi connectivity index (χ1v) is 11.7. The fourth-order valence-electron chi connectivity index (χ4n) is 5.87. The third-order valence-electron chi connectivity index (χ3n) is 7.65. The first-order chi connectivity index (χ1) is 16.5. The van der Waals surface area contributed by atoms with Gasteiger partial charge in [0, 0.05) is 62.5 Å². The molecule has 172 valence electrons. The van der Waals surface area contributed by atoms with E-state index in [4.69, 9.17) is 27.3 Å². The van der Waals surface area contributed by atoms with Crippen LogP contribution in [0.1, 0.15) is 5.69 Å². The first kappa shape index (κ1) is 19.9. The fourth-order valence-corrected chi connectivity index (χ4v) is 6.17. The Morgan fingerprint density at radius 3 is 2.71 bits per heavy atom. The highest BCUT2D eigenvalue weighted by Crippen LogP contribution is 2.62. The quantitative estimate of drug-likeness (QED) is 0.410. The molecule has 10 nitrogen and oxygen atoms in total.